The second-order valence-corrected chi connectivity index (χ2v) is 3.37. The van der Waals surface area contributed by atoms with Crippen LogP contribution in [0.25, 0.3) is 0 Å². The van der Waals surface area contributed by atoms with Gasteiger partial charge in [-0.3, -0.25) is 0 Å². The Balaban J connectivity index is 3.53. The summed E-state index contributed by atoms with van der Waals surface area (Å²) in [6.07, 6.45) is -9.01. The van der Waals surface area contributed by atoms with Crippen LogP contribution in [0.1, 0.15) is 23.2 Å². The molecule has 1 aromatic heterocycles. The van der Waals surface area contributed by atoms with Gasteiger partial charge < -0.3 is 0 Å². The third-order valence-electron chi connectivity index (χ3n) is 1.88. The lowest BCUT2D eigenvalue weighted by molar-refractivity contribution is -0.139. The molecule has 0 amide bonds. The molecule has 0 atom stereocenters. The summed E-state index contributed by atoms with van der Waals surface area (Å²) in [6.45, 7) is 0. The SMILES string of the molecule is N#CCc1nc(Cl)cc(C(F)(F)F)c1C(F)F. The lowest BCUT2D eigenvalue weighted by Crippen LogP contribution is -2.13. The van der Waals surface area contributed by atoms with Crippen molar-refractivity contribution in [3.05, 3.63) is 28.0 Å². The van der Waals surface area contributed by atoms with Crippen LogP contribution < -0.4 is 0 Å². The first-order valence-electron chi connectivity index (χ1n) is 4.19. The van der Waals surface area contributed by atoms with E-state index in [0.29, 0.717) is 6.07 Å². The van der Waals surface area contributed by atoms with Gasteiger partial charge in [-0.25, -0.2) is 13.8 Å². The van der Waals surface area contributed by atoms with Crippen LogP contribution in [-0.2, 0) is 12.6 Å². The normalized spacial score (nSPS) is 11.6. The summed E-state index contributed by atoms with van der Waals surface area (Å²) in [5.41, 5.74) is -3.50. The van der Waals surface area contributed by atoms with E-state index in [1.165, 1.54) is 6.07 Å². The van der Waals surface area contributed by atoms with Gasteiger partial charge in [0.25, 0.3) is 6.43 Å². The zero-order chi connectivity index (χ0) is 13.2. The van der Waals surface area contributed by atoms with E-state index in [-0.39, 0.29) is 0 Å². The van der Waals surface area contributed by atoms with E-state index in [1.54, 1.807) is 0 Å². The molecule has 0 unspecified atom stereocenters. The Hall–Kier alpha value is -1.42. The van der Waals surface area contributed by atoms with Gasteiger partial charge in [0.2, 0.25) is 0 Å². The van der Waals surface area contributed by atoms with Crippen molar-refractivity contribution in [3.63, 3.8) is 0 Å². The van der Waals surface area contributed by atoms with Crippen molar-refractivity contribution in [1.82, 2.24) is 4.98 Å². The monoisotopic (exact) mass is 270 g/mol. The Morgan fingerprint density at radius 1 is 1.41 bits per heavy atom. The van der Waals surface area contributed by atoms with E-state index < -0.39 is 41.0 Å². The number of nitriles is 1. The van der Waals surface area contributed by atoms with Crippen LogP contribution in [0.2, 0.25) is 5.15 Å². The van der Waals surface area contributed by atoms with Crippen LogP contribution in [0, 0.1) is 11.3 Å². The molecule has 8 heteroatoms. The predicted octanol–water partition coefficient (Wildman–Crippen LogP) is 3.76. The first-order valence-corrected chi connectivity index (χ1v) is 4.56. The summed E-state index contributed by atoms with van der Waals surface area (Å²) in [6, 6.07) is 1.79. The Bertz CT molecular complexity index is 464. The molecule has 0 N–H and O–H groups in total. The van der Waals surface area contributed by atoms with Crippen LogP contribution in [-0.4, -0.2) is 4.98 Å². The molecule has 17 heavy (non-hydrogen) atoms. The standard InChI is InChI=1S/C9H4ClF5N2/c10-6-3-4(9(13,14)15)7(8(11)12)5(17-6)1-2-16/h3,8H,1H2. The van der Waals surface area contributed by atoms with Gasteiger partial charge in [0, 0.05) is 0 Å². The fourth-order valence-corrected chi connectivity index (χ4v) is 1.47. The first kappa shape index (κ1) is 13.6. The predicted molar refractivity (Wildman–Crippen MR) is 48.5 cm³/mol. The summed E-state index contributed by atoms with van der Waals surface area (Å²) in [5, 5.41) is 7.77. The highest BCUT2D eigenvalue weighted by atomic mass is 35.5. The number of hydrogen-bond donors (Lipinski definition) is 0. The molecule has 0 aliphatic rings. The zero-order valence-corrected chi connectivity index (χ0v) is 8.78. The minimum Gasteiger partial charge on any atom is -0.240 e. The summed E-state index contributed by atoms with van der Waals surface area (Å²) >= 11 is 5.30. The second-order valence-electron chi connectivity index (χ2n) is 2.99. The molecule has 0 aliphatic carbocycles. The fourth-order valence-electron chi connectivity index (χ4n) is 1.26. The van der Waals surface area contributed by atoms with Crippen LogP contribution >= 0.6 is 11.6 Å². The lowest BCUT2D eigenvalue weighted by atomic mass is 10.0. The summed E-state index contributed by atoms with van der Waals surface area (Å²) in [5.74, 6) is 0. The van der Waals surface area contributed by atoms with Crippen molar-refractivity contribution < 1.29 is 22.0 Å². The van der Waals surface area contributed by atoms with Crippen molar-refractivity contribution in [2.75, 3.05) is 0 Å². The fraction of sp³-hybridized carbons (Fsp3) is 0.333. The van der Waals surface area contributed by atoms with Gasteiger partial charge in [0.15, 0.2) is 0 Å². The molecular weight excluding hydrogens is 267 g/mol. The van der Waals surface area contributed by atoms with Crippen molar-refractivity contribution in [2.45, 2.75) is 19.0 Å². The second kappa shape index (κ2) is 4.84. The Labute approximate surface area is 97.6 Å². The molecule has 0 spiro atoms. The molecular formula is C9H4ClF5N2. The quantitative estimate of drug-likeness (QED) is 0.606. The molecule has 0 aliphatic heterocycles. The van der Waals surface area contributed by atoms with Gasteiger partial charge in [-0.15, -0.1) is 0 Å². The van der Waals surface area contributed by atoms with E-state index in [0.717, 1.165) is 0 Å². The largest absolute Gasteiger partial charge is 0.417 e. The number of alkyl halides is 5. The minimum atomic E-state index is -4.97. The maximum Gasteiger partial charge on any atom is 0.417 e. The lowest BCUT2D eigenvalue weighted by Gasteiger charge is -2.15. The van der Waals surface area contributed by atoms with E-state index in [4.69, 9.17) is 16.9 Å². The van der Waals surface area contributed by atoms with Gasteiger partial charge in [-0.2, -0.15) is 18.4 Å². The Morgan fingerprint density at radius 3 is 2.41 bits per heavy atom. The van der Waals surface area contributed by atoms with Crippen LogP contribution in [0.15, 0.2) is 6.07 Å². The molecule has 0 saturated heterocycles. The maximum absolute atomic E-state index is 12.6. The van der Waals surface area contributed by atoms with Crippen molar-refractivity contribution in [2.24, 2.45) is 0 Å². The highest BCUT2D eigenvalue weighted by molar-refractivity contribution is 6.29. The van der Waals surface area contributed by atoms with Gasteiger partial charge in [-0.1, -0.05) is 11.6 Å². The van der Waals surface area contributed by atoms with Crippen molar-refractivity contribution in [1.29, 1.82) is 5.26 Å². The summed E-state index contributed by atoms with van der Waals surface area (Å²) < 4.78 is 62.7. The number of pyridine rings is 1. The van der Waals surface area contributed by atoms with Crippen molar-refractivity contribution in [3.8, 4) is 6.07 Å². The highest BCUT2D eigenvalue weighted by Crippen LogP contribution is 2.38. The van der Waals surface area contributed by atoms with Crippen LogP contribution in [0.4, 0.5) is 22.0 Å². The molecule has 0 aromatic carbocycles. The summed E-state index contributed by atoms with van der Waals surface area (Å²) in [7, 11) is 0. The van der Waals surface area contributed by atoms with Crippen molar-refractivity contribution >= 4 is 11.6 Å². The smallest absolute Gasteiger partial charge is 0.240 e. The molecule has 1 rings (SSSR count). The highest BCUT2D eigenvalue weighted by Gasteiger charge is 2.38. The number of rotatable bonds is 2. The van der Waals surface area contributed by atoms with Crippen LogP contribution in [0.3, 0.4) is 0 Å². The van der Waals surface area contributed by atoms with Gasteiger partial charge >= 0.3 is 6.18 Å². The molecule has 1 aromatic rings. The minimum absolute atomic E-state index is 0.323. The Kier molecular flexibility index (Phi) is 3.88. The third-order valence-corrected chi connectivity index (χ3v) is 2.07. The first-order chi connectivity index (χ1) is 7.77. The third kappa shape index (κ3) is 3.03. The zero-order valence-electron chi connectivity index (χ0n) is 8.02. The molecule has 0 radical (unpaired) electrons. The average molecular weight is 271 g/mol. The van der Waals surface area contributed by atoms with E-state index in [2.05, 4.69) is 4.98 Å². The Morgan fingerprint density at radius 2 is 2.00 bits per heavy atom. The molecule has 1 heterocycles. The number of halogens is 6. The molecule has 92 valence electrons. The number of nitrogens with zero attached hydrogens (tertiary/aromatic N) is 2. The number of hydrogen-bond acceptors (Lipinski definition) is 2. The van der Waals surface area contributed by atoms with Crippen LogP contribution in [0.5, 0.6) is 0 Å². The van der Waals surface area contributed by atoms with E-state index in [1.807, 2.05) is 0 Å². The molecule has 0 bridgehead atoms. The van der Waals surface area contributed by atoms with E-state index >= 15 is 0 Å². The molecule has 0 saturated carbocycles. The maximum atomic E-state index is 12.6. The van der Waals surface area contributed by atoms with Gasteiger partial charge in [0.1, 0.15) is 5.15 Å². The average Bonchev–Trinajstić information content (AvgIpc) is 2.15. The van der Waals surface area contributed by atoms with E-state index in [9.17, 15) is 22.0 Å². The van der Waals surface area contributed by atoms with Gasteiger partial charge in [-0.05, 0) is 6.07 Å². The topological polar surface area (TPSA) is 36.7 Å². The van der Waals surface area contributed by atoms with Gasteiger partial charge in [0.05, 0.1) is 29.3 Å². The molecule has 0 fully saturated rings. The number of aromatic nitrogens is 1. The molecule has 2 nitrogen and oxygen atoms in total. The summed E-state index contributed by atoms with van der Waals surface area (Å²) in [4.78, 5) is 3.32.